The first kappa shape index (κ1) is 22.4. The fourth-order valence-corrected chi connectivity index (χ4v) is 4.09. The van der Waals surface area contributed by atoms with Crippen LogP contribution in [0.3, 0.4) is 0 Å². The number of fused-ring (bicyclic) bond motifs is 1. The Morgan fingerprint density at radius 3 is 2.70 bits per heavy atom. The highest BCUT2D eigenvalue weighted by Gasteiger charge is 2.13. The molecule has 2 aromatic carbocycles. The summed E-state index contributed by atoms with van der Waals surface area (Å²) in [6, 6.07) is 11.0. The first-order valence-electron chi connectivity index (χ1n) is 10.7. The molecule has 2 heterocycles. The molecule has 0 bridgehead atoms. The predicted molar refractivity (Wildman–Crippen MR) is 124 cm³/mol. The van der Waals surface area contributed by atoms with Crippen LogP contribution in [0.5, 0.6) is 0 Å². The fraction of sp³-hybridized carbons (Fsp3) is 0.240. The summed E-state index contributed by atoms with van der Waals surface area (Å²) in [5, 5.41) is 13.2. The van der Waals surface area contributed by atoms with Crippen LogP contribution in [0, 0.1) is 18.6 Å². The molecule has 4 aromatic rings. The summed E-state index contributed by atoms with van der Waals surface area (Å²) in [6.07, 6.45) is 2.94. The number of carbonyl (C=O) groups is 1. The van der Waals surface area contributed by atoms with Gasteiger partial charge in [0.2, 0.25) is 0 Å². The van der Waals surface area contributed by atoms with E-state index in [9.17, 15) is 18.7 Å². The maximum Gasteiger partial charge on any atom is 0.335 e. The molecule has 170 valence electrons. The van der Waals surface area contributed by atoms with Gasteiger partial charge in [0.05, 0.1) is 16.8 Å². The van der Waals surface area contributed by atoms with Crippen molar-refractivity contribution >= 4 is 22.7 Å². The minimum atomic E-state index is -0.943. The minimum absolute atomic E-state index is 0.300. The van der Waals surface area contributed by atoms with Gasteiger partial charge in [0.1, 0.15) is 23.8 Å². The lowest BCUT2D eigenvalue weighted by Crippen LogP contribution is -2.13. The predicted octanol–water partition coefficient (Wildman–Crippen LogP) is 5.45. The number of aromatic carboxylic acids is 1. The Morgan fingerprint density at radius 2 is 1.94 bits per heavy atom. The topological polar surface area (TPSA) is 80.0 Å². The summed E-state index contributed by atoms with van der Waals surface area (Å²) in [6.45, 7) is 4.79. The number of nitrogens with zero attached hydrogens (tertiary/aromatic N) is 3. The van der Waals surface area contributed by atoms with E-state index in [1.807, 2.05) is 19.9 Å². The van der Waals surface area contributed by atoms with Crippen LogP contribution in [0.2, 0.25) is 0 Å². The zero-order valence-corrected chi connectivity index (χ0v) is 18.4. The van der Waals surface area contributed by atoms with Crippen LogP contribution in [-0.2, 0) is 13.0 Å². The maximum atomic E-state index is 14.3. The molecule has 4 rings (SSSR count). The molecule has 2 N–H and O–H groups in total. The second-order valence-corrected chi connectivity index (χ2v) is 7.91. The molecule has 0 amide bonds. The van der Waals surface area contributed by atoms with Gasteiger partial charge in [-0.15, -0.1) is 0 Å². The van der Waals surface area contributed by atoms with Gasteiger partial charge in [-0.2, -0.15) is 0 Å². The van der Waals surface area contributed by atoms with Gasteiger partial charge in [-0.3, -0.25) is 0 Å². The number of anilines is 1. The van der Waals surface area contributed by atoms with E-state index in [4.69, 9.17) is 0 Å². The lowest BCUT2D eigenvalue weighted by molar-refractivity contribution is 0.0695. The molecular formula is C25H24F2N4O2. The lowest BCUT2D eigenvalue weighted by atomic mass is 9.99. The van der Waals surface area contributed by atoms with Gasteiger partial charge in [-0.1, -0.05) is 19.4 Å². The van der Waals surface area contributed by atoms with Crippen molar-refractivity contribution in [2.45, 2.75) is 33.2 Å². The zero-order chi connectivity index (χ0) is 23.5. The summed E-state index contributed by atoms with van der Waals surface area (Å²) in [5.41, 5.74) is 3.76. The van der Waals surface area contributed by atoms with Gasteiger partial charge in [-0.25, -0.2) is 23.5 Å². The number of halogens is 2. The third kappa shape index (κ3) is 4.69. The zero-order valence-electron chi connectivity index (χ0n) is 18.4. The van der Waals surface area contributed by atoms with Crippen molar-refractivity contribution in [3.63, 3.8) is 0 Å². The normalized spacial score (nSPS) is 11.2. The molecule has 0 aliphatic rings. The van der Waals surface area contributed by atoms with E-state index in [1.54, 1.807) is 28.8 Å². The quantitative estimate of drug-likeness (QED) is 0.373. The Morgan fingerprint density at radius 1 is 1.12 bits per heavy atom. The first-order valence-corrected chi connectivity index (χ1v) is 10.7. The van der Waals surface area contributed by atoms with Crippen LogP contribution in [-0.4, -0.2) is 32.2 Å². The molecule has 0 spiro atoms. The molecule has 6 nitrogen and oxygen atoms in total. The van der Waals surface area contributed by atoms with E-state index >= 15 is 0 Å². The number of hydrogen-bond acceptors (Lipinski definition) is 4. The van der Waals surface area contributed by atoms with Crippen LogP contribution in [0.25, 0.3) is 22.2 Å². The molecule has 0 aliphatic carbocycles. The number of benzene rings is 2. The monoisotopic (exact) mass is 450 g/mol. The fourth-order valence-electron chi connectivity index (χ4n) is 4.09. The number of carboxylic acids is 1. The molecule has 33 heavy (non-hydrogen) atoms. The minimum Gasteiger partial charge on any atom is -0.478 e. The van der Waals surface area contributed by atoms with Crippen LogP contribution < -0.4 is 5.32 Å². The van der Waals surface area contributed by atoms with Gasteiger partial charge >= 0.3 is 5.97 Å². The molecular weight excluding hydrogens is 426 g/mol. The molecule has 2 aromatic heterocycles. The van der Waals surface area contributed by atoms with Gasteiger partial charge < -0.3 is 15.0 Å². The van der Waals surface area contributed by atoms with E-state index < -0.39 is 17.6 Å². The van der Waals surface area contributed by atoms with Crippen LogP contribution in [0.1, 0.15) is 35.0 Å². The van der Waals surface area contributed by atoms with Crippen molar-refractivity contribution in [2.24, 2.45) is 0 Å². The SMILES string of the molecule is CCCc1cc(-c2cc(NCCn3c(C)cc4cc(F)cc(F)c43)ncn2)ccc1C(=O)O. The van der Waals surface area contributed by atoms with Crippen LogP contribution in [0.15, 0.2) is 48.8 Å². The van der Waals surface area contributed by atoms with E-state index in [0.717, 1.165) is 29.3 Å². The van der Waals surface area contributed by atoms with E-state index in [0.29, 0.717) is 47.5 Å². The molecule has 0 atom stereocenters. The summed E-state index contributed by atoms with van der Waals surface area (Å²) in [4.78, 5) is 20.1. The second-order valence-electron chi connectivity index (χ2n) is 7.91. The van der Waals surface area contributed by atoms with Gasteiger partial charge in [0.15, 0.2) is 0 Å². The number of aryl methyl sites for hydroxylation is 2. The average molecular weight is 450 g/mol. The Balaban J connectivity index is 1.52. The van der Waals surface area contributed by atoms with Crippen LogP contribution in [0.4, 0.5) is 14.6 Å². The van der Waals surface area contributed by atoms with E-state index in [1.165, 1.54) is 12.4 Å². The van der Waals surface area contributed by atoms with Gasteiger partial charge in [-0.05, 0) is 43.2 Å². The molecule has 0 unspecified atom stereocenters. The summed E-state index contributed by atoms with van der Waals surface area (Å²) in [7, 11) is 0. The number of aromatic nitrogens is 3. The summed E-state index contributed by atoms with van der Waals surface area (Å²) < 4.78 is 29.7. The molecule has 0 saturated carbocycles. The third-order valence-corrected chi connectivity index (χ3v) is 5.58. The third-order valence-electron chi connectivity index (χ3n) is 5.58. The molecule has 0 aliphatic heterocycles. The molecule has 0 radical (unpaired) electrons. The number of rotatable bonds is 8. The Kier molecular flexibility index (Phi) is 6.35. The number of hydrogen-bond donors (Lipinski definition) is 2. The first-order chi connectivity index (χ1) is 15.9. The van der Waals surface area contributed by atoms with E-state index in [2.05, 4.69) is 15.3 Å². The van der Waals surface area contributed by atoms with Crippen molar-refractivity contribution in [1.82, 2.24) is 14.5 Å². The van der Waals surface area contributed by atoms with Crippen molar-refractivity contribution in [3.8, 4) is 11.3 Å². The highest BCUT2D eigenvalue weighted by atomic mass is 19.1. The van der Waals surface area contributed by atoms with Crippen molar-refractivity contribution in [2.75, 3.05) is 11.9 Å². The average Bonchev–Trinajstić information content (AvgIpc) is 3.09. The smallest absolute Gasteiger partial charge is 0.335 e. The standard InChI is InChI=1S/C25H24F2N4O2/c1-3-4-16-10-17(5-6-20(16)25(32)33)22-13-23(30-14-29-22)28-7-8-31-15(2)9-18-11-19(26)12-21(27)24(18)31/h5-6,9-14H,3-4,7-8H2,1-2H3,(H,32,33)(H,28,29,30). The van der Waals surface area contributed by atoms with Gasteiger partial charge in [0, 0.05) is 41.9 Å². The highest BCUT2D eigenvalue weighted by molar-refractivity contribution is 5.90. The van der Waals surface area contributed by atoms with Gasteiger partial charge in [0.25, 0.3) is 0 Å². The van der Waals surface area contributed by atoms with Crippen LogP contribution >= 0.6 is 0 Å². The molecule has 8 heteroatoms. The summed E-state index contributed by atoms with van der Waals surface area (Å²) in [5.74, 6) is -1.53. The Bertz CT molecular complexity index is 1330. The lowest BCUT2D eigenvalue weighted by Gasteiger charge is -2.12. The number of carboxylic acid groups (broad SMARTS) is 1. The molecule has 0 saturated heterocycles. The second kappa shape index (κ2) is 9.36. The van der Waals surface area contributed by atoms with Crippen molar-refractivity contribution in [3.05, 3.63) is 77.2 Å². The van der Waals surface area contributed by atoms with Crippen molar-refractivity contribution in [1.29, 1.82) is 0 Å². The maximum absolute atomic E-state index is 14.3. The highest BCUT2D eigenvalue weighted by Crippen LogP contribution is 2.25. The Hall–Kier alpha value is -3.81. The molecule has 0 fully saturated rings. The summed E-state index contributed by atoms with van der Waals surface area (Å²) >= 11 is 0. The Labute approximate surface area is 189 Å². The largest absolute Gasteiger partial charge is 0.478 e. The van der Waals surface area contributed by atoms with E-state index in [-0.39, 0.29) is 0 Å². The number of nitrogens with one attached hydrogen (secondary N) is 1. The van der Waals surface area contributed by atoms with Crippen molar-refractivity contribution < 1.29 is 18.7 Å².